The van der Waals surface area contributed by atoms with Crippen molar-refractivity contribution in [2.75, 3.05) is 19.7 Å². The van der Waals surface area contributed by atoms with Gasteiger partial charge in [0.05, 0.1) is 12.9 Å². The van der Waals surface area contributed by atoms with Crippen LogP contribution >= 0.6 is 11.8 Å². The van der Waals surface area contributed by atoms with Crippen LogP contribution in [0, 0.1) is 0 Å². The Morgan fingerprint density at radius 2 is 1.83 bits per heavy atom. The first-order valence-electron chi connectivity index (χ1n) is 9.57. The van der Waals surface area contributed by atoms with Crippen LogP contribution in [0.4, 0.5) is 0 Å². The summed E-state index contributed by atoms with van der Waals surface area (Å²) in [5.41, 5.74) is 4.28. The molecule has 0 unspecified atom stereocenters. The predicted octanol–water partition coefficient (Wildman–Crippen LogP) is 5.07. The second-order valence-corrected chi connectivity index (χ2v) is 7.73. The zero-order chi connectivity index (χ0) is 20.8. The Labute approximate surface area is 179 Å². The fourth-order valence-electron chi connectivity index (χ4n) is 3.14. The van der Waals surface area contributed by atoms with E-state index in [4.69, 9.17) is 14.2 Å². The van der Waals surface area contributed by atoms with E-state index < -0.39 is 0 Å². The Kier molecular flexibility index (Phi) is 6.44. The van der Waals surface area contributed by atoms with Crippen LogP contribution in [0.1, 0.15) is 11.1 Å². The van der Waals surface area contributed by atoms with Gasteiger partial charge in [0.15, 0.2) is 11.5 Å². The van der Waals surface area contributed by atoms with Crippen molar-refractivity contribution in [2.24, 2.45) is 0 Å². The number of methoxy groups -OCH3 is 1. The maximum Gasteiger partial charge on any atom is 0.315 e. The van der Waals surface area contributed by atoms with Crippen molar-refractivity contribution in [3.8, 4) is 28.4 Å². The third-order valence-corrected chi connectivity index (χ3v) is 5.66. The number of carbonyl (C=O) groups excluding carboxylic acids is 1. The normalized spacial score (nSPS) is 11.9. The monoisotopic (exact) mass is 422 g/mol. The lowest BCUT2D eigenvalue weighted by Gasteiger charge is -2.10. The summed E-state index contributed by atoms with van der Waals surface area (Å²) < 4.78 is 21.7. The van der Waals surface area contributed by atoms with E-state index in [1.807, 2.05) is 42.5 Å². The maximum atomic E-state index is 11.2. The van der Waals surface area contributed by atoms with Gasteiger partial charge in [0.1, 0.15) is 12.4 Å². The van der Waals surface area contributed by atoms with Crippen molar-refractivity contribution in [3.63, 3.8) is 0 Å². The molecule has 1 aliphatic heterocycles. The van der Waals surface area contributed by atoms with E-state index in [2.05, 4.69) is 29.0 Å². The number of hydrogen-bond acceptors (Lipinski definition) is 6. The minimum Gasteiger partial charge on any atom is -0.489 e. The molecule has 0 radical (unpaired) electrons. The smallest absolute Gasteiger partial charge is 0.315 e. The zero-order valence-corrected chi connectivity index (χ0v) is 17.4. The van der Waals surface area contributed by atoms with Gasteiger partial charge in [-0.1, -0.05) is 48.5 Å². The summed E-state index contributed by atoms with van der Waals surface area (Å²) in [6.07, 6.45) is 0. The Balaban J connectivity index is 1.35. The van der Waals surface area contributed by atoms with Crippen molar-refractivity contribution in [3.05, 3.63) is 77.9 Å². The molecule has 154 valence electrons. The third kappa shape index (κ3) is 4.89. The number of esters is 1. The van der Waals surface area contributed by atoms with Gasteiger partial charge in [0.25, 0.3) is 0 Å². The molecule has 0 bridgehead atoms. The number of fused-ring (bicyclic) bond motifs is 1. The largest absolute Gasteiger partial charge is 0.489 e. The average Bonchev–Trinajstić information content (AvgIpc) is 3.27. The number of rotatable bonds is 8. The quantitative estimate of drug-likeness (QED) is 0.473. The van der Waals surface area contributed by atoms with Crippen LogP contribution in [-0.4, -0.2) is 25.6 Å². The van der Waals surface area contributed by atoms with E-state index in [0.29, 0.717) is 12.4 Å². The molecule has 0 fully saturated rings. The van der Waals surface area contributed by atoms with E-state index >= 15 is 0 Å². The summed E-state index contributed by atoms with van der Waals surface area (Å²) in [6, 6.07) is 22.1. The van der Waals surface area contributed by atoms with Crippen LogP contribution in [0.5, 0.6) is 17.2 Å². The second kappa shape index (κ2) is 9.59. The lowest BCUT2D eigenvalue weighted by molar-refractivity contribution is -0.137. The van der Waals surface area contributed by atoms with E-state index in [-0.39, 0.29) is 12.8 Å². The molecule has 0 N–H and O–H groups in total. The molecule has 1 heterocycles. The third-order valence-electron chi connectivity index (χ3n) is 4.68. The minimum atomic E-state index is -0.213. The summed E-state index contributed by atoms with van der Waals surface area (Å²) >= 11 is 1.52. The average molecular weight is 423 g/mol. The molecule has 0 atom stereocenters. The highest BCUT2D eigenvalue weighted by molar-refractivity contribution is 7.99. The predicted molar refractivity (Wildman–Crippen MR) is 117 cm³/mol. The summed E-state index contributed by atoms with van der Waals surface area (Å²) in [6.45, 7) is 0.740. The van der Waals surface area contributed by atoms with E-state index in [0.717, 1.165) is 45.3 Å². The molecular weight excluding hydrogens is 400 g/mol. The number of ether oxygens (including phenoxy) is 4. The molecule has 6 heteroatoms. The Morgan fingerprint density at radius 3 is 2.67 bits per heavy atom. The fourth-order valence-corrected chi connectivity index (χ4v) is 3.94. The number of benzene rings is 3. The topological polar surface area (TPSA) is 54.0 Å². The number of carbonyl (C=O) groups is 1. The molecule has 0 amide bonds. The highest BCUT2D eigenvalue weighted by atomic mass is 32.2. The van der Waals surface area contributed by atoms with Crippen LogP contribution in [0.3, 0.4) is 0 Å². The van der Waals surface area contributed by atoms with Crippen molar-refractivity contribution in [1.29, 1.82) is 0 Å². The lowest BCUT2D eigenvalue weighted by atomic mass is 10.0. The van der Waals surface area contributed by atoms with Crippen LogP contribution in [0.15, 0.2) is 66.7 Å². The van der Waals surface area contributed by atoms with Crippen LogP contribution in [0.25, 0.3) is 11.1 Å². The molecule has 3 aromatic carbocycles. The summed E-state index contributed by atoms with van der Waals surface area (Å²) in [4.78, 5) is 11.2. The maximum absolute atomic E-state index is 11.2. The van der Waals surface area contributed by atoms with E-state index in [1.165, 1.54) is 18.9 Å². The first kappa shape index (κ1) is 20.2. The van der Waals surface area contributed by atoms with Crippen LogP contribution in [-0.2, 0) is 21.9 Å². The van der Waals surface area contributed by atoms with Gasteiger partial charge >= 0.3 is 5.97 Å². The van der Waals surface area contributed by atoms with Gasteiger partial charge in [-0.05, 0) is 34.9 Å². The molecule has 0 aliphatic carbocycles. The summed E-state index contributed by atoms with van der Waals surface area (Å²) in [5.74, 6) is 3.24. The number of thioether (sulfide) groups is 1. The molecule has 30 heavy (non-hydrogen) atoms. The van der Waals surface area contributed by atoms with E-state index in [1.54, 1.807) is 0 Å². The van der Waals surface area contributed by atoms with Crippen molar-refractivity contribution in [1.82, 2.24) is 0 Å². The molecule has 0 spiro atoms. The SMILES string of the molecule is COC(=O)CSCc1cccc(OCc2ccc(-c3cccc4c3OCO4)cc2)c1. The standard InChI is InChI=1S/C24H22O5S/c1-26-23(25)15-30-14-18-4-2-5-20(12-18)27-13-17-8-10-19(11-9-17)21-6-3-7-22-24(21)29-16-28-22/h2-12H,13-16H2,1H3. The van der Waals surface area contributed by atoms with Gasteiger partial charge in [0, 0.05) is 11.3 Å². The second-order valence-electron chi connectivity index (χ2n) is 6.74. The van der Waals surface area contributed by atoms with Crippen molar-refractivity contribution < 1.29 is 23.7 Å². The molecule has 1 aliphatic rings. The number of para-hydroxylation sites is 1. The molecule has 0 aromatic heterocycles. The highest BCUT2D eigenvalue weighted by Crippen LogP contribution is 2.41. The van der Waals surface area contributed by atoms with E-state index in [9.17, 15) is 4.79 Å². The molecule has 0 saturated heterocycles. The van der Waals surface area contributed by atoms with Gasteiger partial charge in [0.2, 0.25) is 6.79 Å². The van der Waals surface area contributed by atoms with Gasteiger partial charge < -0.3 is 18.9 Å². The van der Waals surface area contributed by atoms with Gasteiger partial charge in [-0.2, -0.15) is 0 Å². The summed E-state index contributed by atoms with van der Waals surface area (Å²) in [7, 11) is 1.40. The molecule has 5 nitrogen and oxygen atoms in total. The molecular formula is C24H22O5S. The lowest BCUT2D eigenvalue weighted by Crippen LogP contribution is -2.03. The Hall–Kier alpha value is -3.12. The van der Waals surface area contributed by atoms with Gasteiger partial charge in [-0.25, -0.2) is 0 Å². The Morgan fingerprint density at radius 1 is 1.00 bits per heavy atom. The molecule has 3 aromatic rings. The van der Waals surface area contributed by atoms with Crippen molar-refractivity contribution >= 4 is 17.7 Å². The van der Waals surface area contributed by atoms with Crippen LogP contribution in [0.2, 0.25) is 0 Å². The van der Waals surface area contributed by atoms with Crippen LogP contribution < -0.4 is 14.2 Å². The highest BCUT2D eigenvalue weighted by Gasteiger charge is 2.18. The first-order chi connectivity index (χ1) is 14.7. The van der Waals surface area contributed by atoms with Crippen molar-refractivity contribution in [2.45, 2.75) is 12.4 Å². The zero-order valence-electron chi connectivity index (χ0n) is 16.6. The molecule has 4 rings (SSSR count). The summed E-state index contributed by atoms with van der Waals surface area (Å²) in [5, 5.41) is 0. The van der Waals surface area contributed by atoms with Gasteiger partial charge in [-0.15, -0.1) is 11.8 Å². The fraction of sp³-hybridized carbons (Fsp3) is 0.208. The van der Waals surface area contributed by atoms with Gasteiger partial charge in [-0.3, -0.25) is 4.79 Å². The first-order valence-corrected chi connectivity index (χ1v) is 10.7. The molecule has 0 saturated carbocycles. The Bertz CT molecular complexity index is 1020. The number of hydrogen-bond donors (Lipinski definition) is 0. The minimum absolute atomic E-state index is 0.213.